The third kappa shape index (κ3) is 3.96. The van der Waals surface area contributed by atoms with E-state index in [-0.39, 0.29) is 5.41 Å². The molecule has 1 aromatic heterocycles. The number of benzene rings is 1. The molecular formula is C19H31N5S. The lowest BCUT2D eigenvalue weighted by Crippen LogP contribution is -2.37. The highest BCUT2D eigenvalue weighted by molar-refractivity contribution is 7.98. The van der Waals surface area contributed by atoms with Crippen LogP contribution in [0, 0.1) is 0 Å². The van der Waals surface area contributed by atoms with Gasteiger partial charge in [-0.25, -0.2) is 9.29 Å². The maximum atomic E-state index is 6.01. The smallest absolute Gasteiger partial charge is 0.115 e. The molecule has 3 rings (SSSR count). The molecule has 1 aliphatic rings. The summed E-state index contributed by atoms with van der Waals surface area (Å²) in [7, 11) is 2.13. The zero-order valence-corrected chi connectivity index (χ0v) is 16.9. The molecule has 0 unspecified atom stereocenters. The van der Waals surface area contributed by atoms with Gasteiger partial charge >= 0.3 is 0 Å². The van der Waals surface area contributed by atoms with Crippen LogP contribution < -0.4 is 10.0 Å². The highest BCUT2D eigenvalue weighted by atomic mass is 32.2. The molecule has 2 N–H and O–H groups in total. The van der Waals surface area contributed by atoms with E-state index >= 15 is 0 Å². The van der Waals surface area contributed by atoms with Crippen LogP contribution in [0.1, 0.15) is 46.4 Å². The molecule has 0 atom stereocenters. The lowest BCUT2D eigenvalue weighted by atomic mass is 9.96. The molecule has 0 amide bonds. The van der Waals surface area contributed by atoms with Crippen molar-refractivity contribution in [1.29, 1.82) is 0 Å². The normalized spacial score (nSPS) is 17.4. The summed E-state index contributed by atoms with van der Waals surface area (Å²) >= 11 is 1.78. The van der Waals surface area contributed by atoms with E-state index in [0.717, 1.165) is 43.8 Å². The molecule has 0 saturated carbocycles. The Kier molecular flexibility index (Phi) is 5.32. The lowest BCUT2D eigenvalue weighted by Gasteiger charge is -2.32. The first-order chi connectivity index (χ1) is 11.8. The van der Waals surface area contributed by atoms with Crippen LogP contribution in [0.15, 0.2) is 18.2 Å². The molecule has 1 fully saturated rings. The number of imidazole rings is 1. The quantitative estimate of drug-likeness (QED) is 0.840. The first-order valence-electron chi connectivity index (χ1n) is 9.22. The number of aryl methyl sites for hydroxylation is 1. The van der Waals surface area contributed by atoms with E-state index in [1.165, 1.54) is 11.2 Å². The van der Waals surface area contributed by atoms with Crippen molar-refractivity contribution in [3.63, 3.8) is 0 Å². The zero-order valence-electron chi connectivity index (χ0n) is 16.1. The average molecular weight is 362 g/mol. The van der Waals surface area contributed by atoms with Crippen LogP contribution in [0.3, 0.4) is 0 Å². The van der Waals surface area contributed by atoms with E-state index in [9.17, 15) is 0 Å². The molecule has 0 radical (unpaired) electrons. The number of hydrogen-bond acceptors (Lipinski definition) is 5. The van der Waals surface area contributed by atoms with Gasteiger partial charge in [0.1, 0.15) is 5.82 Å². The SMILES string of the molecule is CCn1c(C(C)(C)C)nc2cc(N(C)SN3CCC(N)CC3)ccc21. The predicted octanol–water partition coefficient (Wildman–Crippen LogP) is 3.78. The minimum atomic E-state index is 0.0441. The standard InChI is InChI=1S/C19H31N5S/c1-6-24-17-8-7-15(13-16(17)21-18(24)19(2,3)4)22(5)25-23-11-9-14(20)10-12-23/h7-8,13-14H,6,9-12,20H2,1-5H3. The second-order valence-corrected chi connectivity index (χ2v) is 9.18. The topological polar surface area (TPSA) is 50.3 Å². The number of hydrogen-bond donors (Lipinski definition) is 1. The Labute approximate surface area is 155 Å². The molecule has 1 saturated heterocycles. The van der Waals surface area contributed by atoms with Crippen LogP contribution in [0.2, 0.25) is 0 Å². The van der Waals surface area contributed by atoms with E-state index < -0.39 is 0 Å². The zero-order chi connectivity index (χ0) is 18.2. The van der Waals surface area contributed by atoms with Crippen molar-refractivity contribution >= 4 is 28.9 Å². The molecule has 0 bridgehead atoms. The molecule has 0 spiro atoms. The predicted molar refractivity (Wildman–Crippen MR) is 109 cm³/mol. The van der Waals surface area contributed by atoms with Crippen LogP contribution in [0.25, 0.3) is 11.0 Å². The van der Waals surface area contributed by atoms with Crippen molar-refractivity contribution in [2.45, 2.75) is 58.5 Å². The number of fused-ring (bicyclic) bond motifs is 1. The third-order valence-corrected chi connectivity index (χ3v) is 5.87. The Hall–Kier alpha value is -1.24. The fourth-order valence-electron chi connectivity index (χ4n) is 3.38. The summed E-state index contributed by atoms with van der Waals surface area (Å²) < 4.78 is 6.97. The first kappa shape index (κ1) is 18.5. The summed E-state index contributed by atoms with van der Waals surface area (Å²) in [6.07, 6.45) is 2.16. The summed E-state index contributed by atoms with van der Waals surface area (Å²) in [6.45, 7) is 11.9. The van der Waals surface area contributed by atoms with Gasteiger partial charge in [0.2, 0.25) is 0 Å². The van der Waals surface area contributed by atoms with E-state index in [0.29, 0.717) is 6.04 Å². The number of rotatable bonds is 4. The molecule has 6 heteroatoms. The van der Waals surface area contributed by atoms with E-state index in [4.69, 9.17) is 10.7 Å². The van der Waals surface area contributed by atoms with Crippen LogP contribution in [-0.2, 0) is 12.0 Å². The summed E-state index contributed by atoms with van der Waals surface area (Å²) in [5.74, 6) is 1.16. The Balaban J connectivity index is 1.83. The van der Waals surface area contributed by atoms with Gasteiger partial charge in [-0.3, -0.25) is 0 Å². The molecule has 5 nitrogen and oxygen atoms in total. The Morgan fingerprint density at radius 3 is 2.56 bits per heavy atom. The second kappa shape index (κ2) is 7.17. The molecule has 1 aliphatic heterocycles. The van der Waals surface area contributed by atoms with Crippen LogP contribution in [0.5, 0.6) is 0 Å². The van der Waals surface area contributed by atoms with Crippen molar-refractivity contribution in [3.05, 3.63) is 24.0 Å². The molecular weight excluding hydrogens is 330 g/mol. The molecule has 2 heterocycles. The van der Waals surface area contributed by atoms with Gasteiger partial charge in [-0.1, -0.05) is 20.8 Å². The summed E-state index contributed by atoms with van der Waals surface area (Å²) in [5, 5.41) is 0. The highest BCUT2D eigenvalue weighted by Gasteiger charge is 2.23. The van der Waals surface area contributed by atoms with Gasteiger partial charge in [0.05, 0.1) is 16.7 Å². The maximum Gasteiger partial charge on any atom is 0.115 e. The number of anilines is 1. The minimum absolute atomic E-state index is 0.0441. The van der Waals surface area contributed by atoms with Crippen molar-refractivity contribution < 1.29 is 0 Å². The van der Waals surface area contributed by atoms with Crippen molar-refractivity contribution in [2.75, 3.05) is 24.4 Å². The fourth-order valence-corrected chi connectivity index (χ4v) is 4.31. The van der Waals surface area contributed by atoms with Crippen molar-refractivity contribution in [3.8, 4) is 0 Å². The van der Waals surface area contributed by atoms with Crippen LogP contribution >= 0.6 is 12.1 Å². The van der Waals surface area contributed by atoms with Gasteiger partial charge in [-0.05, 0) is 38.0 Å². The summed E-state index contributed by atoms with van der Waals surface area (Å²) in [6, 6.07) is 6.98. The second-order valence-electron chi connectivity index (χ2n) is 7.95. The minimum Gasteiger partial charge on any atom is -0.328 e. The molecule has 25 heavy (non-hydrogen) atoms. The fraction of sp³-hybridized carbons (Fsp3) is 0.632. The average Bonchev–Trinajstić information content (AvgIpc) is 2.95. The monoisotopic (exact) mass is 361 g/mol. The van der Waals surface area contributed by atoms with E-state index in [2.05, 4.69) is 66.1 Å². The Morgan fingerprint density at radius 1 is 1.28 bits per heavy atom. The molecule has 1 aromatic carbocycles. The summed E-state index contributed by atoms with van der Waals surface area (Å²) in [5.41, 5.74) is 9.54. The van der Waals surface area contributed by atoms with Gasteiger partial charge in [0, 0.05) is 50.3 Å². The largest absolute Gasteiger partial charge is 0.328 e. The molecule has 0 aliphatic carbocycles. The van der Waals surface area contributed by atoms with Gasteiger partial charge in [-0.2, -0.15) is 0 Å². The van der Waals surface area contributed by atoms with E-state index in [1.807, 2.05) is 0 Å². The number of piperidine rings is 1. The Morgan fingerprint density at radius 2 is 1.96 bits per heavy atom. The van der Waals surface area contributed by atoms with Gasteiger partial charge in [0.15, 0.2) is 0 Å². The number of nitrogens with two attached hydrogens (primary N) is 1. The third-order valence-electron chi connectivity index (χ3n) is 4.82. The van der Waals surface area contributed by atoms with Crippen molar-refractivity contribution in [1.82, 2.24) is 13.9 Å². The number of aromatic nitrogens is 2. The highest BCUT2D eigenvalue weighted by Crippen LogP contribution is 2.31. The van der Waals surface area contributed by atoms with Gasteiger partial charge in [0.25, 0.3) is 0 Å². The first-order valence-corrected chi connectivity index (χ1v) is 9.95. The van der Waals surface area contributed by atoms with Gasteiger partial charge < -0.3 is 14.6 Å². The Bertz CT molecular complexity index is 725. The molecule has 2 aromatic rings. The molecule has 138 valence electrons. The van der Waals surface area contributed by atoms with E-state index in [1.54, 1.807) is 12.1 Å². The summed E-state index contributed by atoms with van der Waals surface area (Å²) in [4.78, 5) is 4.95. The van der Waals surface area contributed by atoms with Crippen LogP contribution in [-0.4, -0.2) is 40.0 Å². The number of nitrogens with zero attached hydrogens (tertiary/aromatic N) is 4. The van der Waals surface area contributed by atoms with Gasteiger partial charge in [-0.15, -0.1) is 0 Å². The lowest BCUT2D eigenvalue weighted by molar-refractivity contribution is 0.346. The maximum absolute atomic E-state index is 6.01. The van der Waals surface area contributed by atoms with Crippen LogP contribution in [0.4, 0.5) is 5.69 Å². The van der Waals surface area contributed by atoms with Crippen molar-refractivity contribution in [2.24, 2.45) is 5.73 Å².